The van der Waals surface area contributed by atoms with E-state index in [1.165, 1.54) is 0 Å². The highest BCUT2D eigenvalue weighted by Crippen LogP contribution is 2.32. The third-order valence-electron chi connectivity index (χ3n) is 8.24. The summed E-state index contributed by atoms with van der Waals surface area (Å²) in [6.45, 7) is 4.55. The Morgan fingerprint density at radius 1 is 1.14 bits per heavy atom. The Morgan fingerprint density at radius 3 is 2.76 bits per heavy atom. The van der Waals surface area contributed by atoms with Crippen molar-refractivity contribution in [2.45, 2.75) is 38.3 Å². The number of carbonyl (C=O) groups excluding carboxylic acids is 1. The van der Waals surface area contributed by atoms with E-state index < -0.39 is 0 Å². The summed E-state index contributed by atoms with van der Waals surface area (Å²) in [4.78, 5) is 34.0. The third-order valence-corrected chi connectivity index (χ3v) is 8.24. The molecule has 0 radical (unpaired) electrons. The van der Waals surface area contributed by atoms with Crippen molar-refractivity contribution >= 4 is 17.7 Å². The Morgan fingerprint density at radius 2 is 2.02 bits per heavy atom. The molecule has 2 saturated heterocycles. The number of nitrogens with zero attached hydrogens (tertiary/aromatic N) is 6. The molecule has 1 atom stereocenters. The summed E-state index contributed by atoms with van der Waals surface area (Å²) >= 11 is 0. The predicted molar refractivity (Wildman–Crippen MR) is 158 cm³/mol. The first-order valence-electron chi connectivity index (χ1n) is 14.5. The molecule has 2 aliphatic rings. The van der Waals surface area contributed by atoms with E-state index >= 15 is 0 Å². The zero-order chi connectivity index (χ0) is 28.9. The average molecular weight is 567 g/mol. The molecule has 6 heterocycles. The molecule has 42 heavy (non-hydrogen) atoms. The van der Waals surface area contributed by atoms with Crippen LogP contribution in [0.25, 0.3) is 16.6 Å². The normalized spacial score (nSPS) is 17.7. The molecule has 0 bridgehead atoms. The summed E-state index contributed by atoms with van der Waals surface area (Å²) in [5.41, 5.74) is 3.90. The van der Waals surface area contributed by atoms with Crippen LogP contribution in [-0.4, -0.2) is 69.7 Å². The molecule has 1 amide bonds. The van der Waals surface area contributed by atoms with Gasteiger partial charge in [-0.2, -0.15) is 10.4 Å². The van der Waals surface area contributed by atoms with Gasteiger partial charge in [-0.05, 0) is 55.4 Å². The van der Waals surface area contributed by atoms with Crippen LogP contribution in [0.1, 0.15) is 36.8 Å². The number of pyridine rings is 3. The van der Waals surface area contributed by atoms with Gasteiger partial charge in [0.1, 0.15) is 17.6 Å². The molecule has 0 saturated carbocycles. The van der Waals surface area contributed by atoms with Crippen LogP contribution >= 0.6 is 0 Å². The number of nitrogens with one attached hydrogen (secondary N) is 2. The Hall–Kier alpha value is -4.69. The summed E-state index contributed by atoms with van der Waals surface area (Å²) in [5, 5.41) is 17.8. The number of likely N-dealkylation sites (tertiary alicyclic amines) is 1. The van der Waals surface area contributed by atoms with Crippen LogP contribution in [0.15, 0.2) is 59.9 Å². The Labute approximate surface area is 243 Å². The number of piperidine rings is 2. The van der Waals surface area contributed by atoms with Gasteiger partial charge < -0.3 is 24.8 Å². The molecule has 0 aromatic carbocycles. The monoisotopic (exact) mass is 566 g/mol. The molecule has 0 unspecified atom stereocenters. The van der Waals surface area contributed by atoms with E-state index in [-0.39, 0.29) is 5.56 Å². The molecule has 6 rings (SSSR count). The second kappa shape index (κ2) is 12.4. The highest BCUT2D eigenvalue weighted by atomic mass is 16.5. The molecule has 0 aliphatic carbocycles. The van der Waals surface area contributed by atoms with Crippen molar-refractivity contribution in [2.24, 2.45) is 5.92 Å². The topological polar surface area (TPSA) is 132 Å². The van der Waals surface area contributed by atoms with Gasteiger partial charge in [0, 0.05) is 68.4 Å². The molecule has 4 aromatic heterocycles. The van der Waals surface area contributed by atoms with Gasteiger partial charge in [-0.25, -0.2) is 9.50 Å². The predicted octanol–water partition coefficient (Wildman–Crippen LogP) is 2.96. The fraction of sp³-hybridized carbons (Fsp3) is 0.387. The van der Waals surface area contributed by atoms with Crippen LogP contribution in [0, 0.1) is 17.2 Å². The summed E-state index contributed by atoms with van der Waals surface area (Å²) in [7, 11) is 0. The van der Waals surface area contributed by atoms with Crippen LogP contribution in [0.4, 0.5) is 5.82 Å². The van der Waals surface area contributed by atoms with Crippen molar-refractivity contribution in [1.82, 2.24) is 29.8 Å². The van der Waals surface area contributed by atoms with Crippen molar-refractivity contribution in [3.05, 3.63) is 76.6 Å². The van der Waals surface area contributed by atoms with Crippen LogP contribution < -0.4 is 20.5 Å². The molecule has 2 N–H and O–H groups in total. The molecule has 2 fully saturated rings. The standard InChI is InChI=1S/C31H34N8O3/c32-13-25-17-36-39-19-27(42-20-22-7-10-37(21-40)11-8-22)12-28(31(25)39)24-4-5-29(34-16-24)38-9-1-2-26(18-38)33-14-23-3-6-30(41)35-15-23/h3-6,12,15-17,19,21-22,26,33H,1-2,7-11,14,18,20H2,(H,35,41)/t26-/m0/s1. The van der Waals surface area contributed by atoms with E-state index in [1.54, 1.807) is 27.9 Å². The van der Waals surface area contributed by atoms with Crippen LogP contribution in [0.3, 0.4) is 0 Å². The first-order valence-corrected chi connectivity index (χ1v) is 14.5. The molecule has 0 spiro atoms. The van der Waals surface area contributed by atoms with Gasteiger partial charge in [-0.3, -0.25) is 9.59 Å². The Balaban J connectivity index is 1.16. The number of anilines is 1. The molecule has 11 heteroatoms. The van der Waals surface area contributed by atoms with Gasteiger partial charge >= 0.3 is 0 Å². The lowest BCUT2D eigenvalue weighted by atomic mass is 9.98. The smallest absolute Gasteiger partial charge is 0.247 e. The van der Waals surface area contributed by atoms with Crippen LogP contribution in [0.2, 0.25) is 0 Å². The van der Waals surface area contributed by atoms with Gasteiger partial charge in [0.25, 0.3) is 0 Å². The molecule has 4 aromatic rings. The minimum atomic E-state index is -0.0955. The minimum Gasteiger partial charge on any atom is -0.492 e. The average Bonchev–Trinajstić information content (AvgIpc) is 3.47. The van der Waals surface area contributed by atoms with E-state index in [2.05, 4.69) is 26.4 Å². The number of H-pyrrole nitrogens is 1. The number of carbonyl (C=O) groups is 1. The molecular weight excluding hydrogens is 532 g/mol. The zero-order valence-corrected chi connectivity index (χ0v) is 23.4. The number of rotatable bonds is 9. The summed E-state index contributed by atoms with van der Waals surface area (Å²) in [5.74, 6) is 1.97. The SMILES string of the molecule is N#Cc1cnn2cc(OCC3CCN(C=O)CC3)cc(-c3ccc(N4CCC[C@H](NCc5ccc(=O)[nH]c5)C4)nc3)c12. The number of ether oxygens (including phenoxy) is 1. The van der Waals surface area contributed by atoms with E-state index in [4.69, 9.17) is 9.72 Å². The lowest BCUT2D eigenvalue weighted by molar-refractivity contribution is -0.119. The van der Waals surface area contributed by atoms with Gasteiger partial charge in [0.05, 0.1) is 30.1 Å². The number of aromatic amines is 1. The van der Waals surface area contributed by atoms with Gasteiger partial charge in [0.15, 0.2) is 0 Å². The third kappa shape index (κ3) is 6.14. The van der Waals surface area contributed by atoms with E-state index in [9.17, 15) is 14.9 Å². The van der Waals surface area contributed by atoms with Crippen molar-refractivity contribution < 1.29 is 9.53 Å². The maximum atomic E-state index is 11.3. The second-order valence-corrected chi connectivity index (χ2v) is 11.1. The molecule has 216 valence electrons. The van der Waals surface area contributed by atoms with E-state index in [0.717, 1.165) is 86.3 Å². The minimum absolute atomic E-state index is 0.0955. The van der Waals surface area contributed by atoms with Crippen LogP contribution in [-0.2, 0) is 11.3 Å². The van der Waals surface area contributed by atoms with Gasteiger partial charge in [-0.15, -0.1) is 0 Å². The fourth-order valence-corrected chi connectivity index (χ4v) is 5.82. The lowest BCUT2D eigenvalue weighted by Gasteiger charge is -2.34. The second-order valence-electron chi connectivity index (χ2n) is 11.1. The number of nitriles is 1. The summed E-state index contributed by atoms with van der Waals surface area (Å²) < 4.78 is 7.92. The maximum absolute atomic E-state index is 11.3. The summed E-state index contributed by atoms with van der Waals surface area (Å²) in [6.07, 6.45) is 11.9. The Bertz CT molecular complexity index is 1610. The highest BCUT2D eigenvalue weighted by molar-refractivity contribution is 5.85. The number of aromatic nitrogens is 4. The number of hydrogen-bond donors (Lipinski definition) is 2. The quantitative estimate of drug-likeness (QED) is 0.296. The highest BCUT2D eigenvalue weighted by Gasteiger charge is 2.22. The van der Waals surface area contributed by atoms with Crippen molar-refractivity contribution in [2.75, 3.05) is 37.7 Å². The van der Waals surface area contributed by atoms with Crippen LogP contribution in [0.5, 0.6) is 5.75 Å². The number of amides is 1. The molecule has 2 aliphatic heterocycles. The summed E-state index contributed by atoms with van der Waals surface area (Å²) in [6, 6.07) is 12.0. The largest absolute Gasteiger partial charge is 0.492 e. The Kier molecular flexibility index (Phi) is 8.14. The first kappa shape index (κ1) is 27.5. The molecular formula is C31H34N8O3. The zero-order valence-electron chi connectivity index (χ0n) is 23.4. The molecule has 11 nitrogen and oxygen atoms in total. The van der Waals surface area contributed by atoms with E-state index in [1.807, 2.05) is 36.7 Å². The van der Waals surface area contributed by atoms with Crippen molar-refractivity contribution in [3.8, 4) is 22.9 Å². The van der Waals surface area contributed by atoms with Gasteiger partial charge in [-0.1, -0.05) is 6.07 Å². The van der Waals surface area contributed by atoms with Crippen molar-refractivity contribution in [1.29, 1.82) is 5.26 Å². The number of fused-ring (bicyclic) bond motifs is 1. The number of hydrogen-bond acceptors (Lipinski definition) is 8. The van der Waals surface area contributed by atoms with E-state index in [0.29, 0.717) is 36.4 Å². The van der Waals surface area contributed by atoms with Gasteiger partial charge in [0.2, 0.25) is 12.0 Å². The maximum Gasteiger partial charge on any atom is 0.247 e. The van der Waals surface area contributed by atoms with Crippen molar-refractivity contribution in [3.63, 3.8) is 0 Å². The lowest BCUT2D eigenvalue weighted by Crippen LogP contribution is -2.45. The first-order chi connectivity index (χ1) is 20.6. The fourth-order valence-electron chi connectivity index (χ4n) is 5.82.